The number of unbranched alkanes of at least 4 members (excludes halogenated alkanes) is 1. The Morgan fingerprint density at radius 2 is 2.19 bits per heavy atom. The molecule has 196 valence electrons. The van der Waals surface area contributed by atoms with E-state index in [0.717, 1.165) is 50.2 Å². The molecular formula is C27H36FIN4O3. The molecule has 3 atom stereocenters. The smallest absolute Gasteiger partial charge is 0.325 e. The Kier molecular flexibility index (Phi) is 9.03. The summed E-state index contributed by atoms with van der Waals surface area (Å²) in [4.78, 5) is 23.0. The Morgan fingerprint density at radius 1 is 1.36 bits per heavy atom. The Morgan fingerprint density at radius 3 is 2.97 bits per heavy atom. The number of anilines is 1. The highest BCUT2D eigenvalue weighted by Gasteiger charge is 2.44. The summed E-state index contributed by atoms with van der Waals surface area (Å²) in [7, 11) is 0. The molecule has 0 aromatic carbocycles. The van der Waals surface area contributed by atoms with Crippen molar-refractivity contribution < 1.29 is 19.0 Å². The fourth-order valence-electron chi connectivity index (χ4n) is 5.19. The number of carboxylic acids is 1. The number of halogens is 2. The number of hydrogen-bond acceptors (Lipinski definition) is 6. The molecule has 0 aliphatic carbocycles. The number of hydrogen-bond donors (Lipinski definition) is 2. The molecule has 2 aromatic heterocycles. The van der Waals surface area contributed by atoms with Crippen molar-refractivity contribution in [2.24, 2.45) is 5.92 Å². The van der Waals surface area contributed by atoms with E-state index in [9.17, 15) is 9.90 Å². The molecule has 0 bridgehead atoms. The number of fused-ring (bicyclic) bond motifs is 1. The number of nitrogens with one attached hydrogen (secondary N) is 1. The van der Waals surface area contributed by atoms with Crippen molar-refractivity contribution in [3.8, 4) is 5.75 Å². The Labute approximate surface area is 226 Å². The molecule has 0 spiro atoms. The van der Waals surface area contributed by atoms with Crippen molar-refractivity contribution in [1.29, 1.82) is 0 Å². The van der Waals surface area contributed by atoms with Crippen molar-refractivity contribution in [2.45, 2.75) is 74.6 Å². The van der Waals surface area contributed by atoms with Gasteiger partial charge < -0.3 is 15.2 Å². The van der Waals surface area contributed by atoms with E-state index in [1.807, 2.05) is 41.3 Å². The van der Waals surface area contributed by atoms with Gasteiger partial charge in [0.2, 0.25) is 0 Å². The third kappa shape index (κ3) is 6.65. The van der Waals surface area contributed by atoms with Crippen molar-refractivity contribution >= 4 is 34.4 Å². The first-order valence-corrected chi connectivity index (χ1v) is 14.0. The third-order valence-corrected chi connectivity index (χ3v) is 8.45. The van der Waals surface area contributed by atoms with Crippen LogP contribution in [0.3, 0.4) is 0 Å². The highest BCUT2D eigenvalue weighted by atomic mass is 127. The number of alkyl halides is 2. The van der Waals surface area contributed by atoms with Gasteiger partial charge in [0, 0.05) is 42.7 Å². The van der Waals surface area contributed by atoms with Gasteiger partial charge in [-0.1, -0.05) is 6.07 Å². The molecule has 0 radical (unpaired) electrons. The quantitative estimate of drug-likeness (QED) is 0.195. The number of nitrogens with zero attached hydrogens (tertiary/aromatic N) is 3. The molecule has 4 heterocycles. The van der Waals surface area contributed by atoms with Crippen LogP contribution in [0.4, 0.5) is 10.2 Å². The van der Waals surface area contributed by atoms with Gasteiger partial charge in [-0.3, -0.25) is 14.7 Å². The van der Waals surface area contributed by atoms with Crippen LogP contribution >= 0.6 is 22.6 Å². The predicted molar refractivity (Wildman–Crippen MR) is 147 cm³/mol. The zero-order valence-electron chi connectivity index (χ0n) is 21.1. The van der Waals surface area contributed by atoms with Gasteiger partial charge in [0.05, 0.1) is 6.10 Å². The number of aromatic nitrogens is 2. The molecular weight excluding hydrogens is 574 g/mol. The van der Waals surface area contributed by atoms with Crippen molar-refractivity contribution in [3.63, 3.8) is 0 Å². The fraction of sp³-hybridized carbons (Fsp3) is 0.593. The van der Waals surface area contributed by atoms with Crippen LogP contribution in [-0.4, -0.2) is 55.4 Å². The van der Waals surface area contributed by atoms with Gasteiger partial charge in [-0.15, -0.1) is 0 Å². The molecule has 36 heavy (non-hydrogen) atoms. The first-order valence-electron chi connectivity index (χ1n) is 12.9. The van der Waals surface area contributed by atoms with Crippen molar-refractivity contribution in [1.82, 2.24) is 14.9 Å². The number of carboxylic acid groups (broad SMARTS) is 1. The maximum atomic E-state index is 15.8. The highest BCUT2D eigenvalue weighted by Crippen LogP contribution is 2.43. The minimum atomic E-state index is -1.38. The third-order valence-electron chi connectivity index (χ3n) is 7.03. The van der Waals surface area contributed by atoms with Crippen LogP contribution in [0.2, 0.25) is 0 Å². The van der Waals surface area contributed by atoms with Crippen LogP contribution in [0.15, 0.2) is 30.6 Å². The minimum Gasteiger partial charge on any atom is -0.491 e. The average Bonchev–Trinajstić information content (AvgIpc) is 3.33. The van der Waals surface area contributed by atoms with Gasteiger partial charge in [-0.2, -0.15) is 0 Å². The van der Waals surface area contributed by atoms with Crippen molar-refractivity contribution in [2.75, 3.05) is 25.0 Å². The zero-order chi connectivity index (χ0) is 25.7. The molecule has 3 unspecified atom stereocenters. The summed E-state index contributed by atoms with van der Waals surface area (Å²) < 4.78 is 20.3. The maximum absolute atomic E-state index is 15.8. The summed E-state index contributed by atoms with van der Waals surface area (Å²) in [5.74, 6) is 0.323. The Bertz CT molecular complexity index is 1050. The van der Waals surface area contributed by atoms with Crippen LogP contribution in [0.1, 0.15) is 68.8 Å². The summed E-state index contributed by atoms with van der Waals surface area (Å²) in [6.45, 7) is 5.69. The second-order valence-corrected chi connectivity index (χ2v) is 11.9. The molecule has 9 heteroatoms. The van der Waals surface area contributed by atoms with Crippen LogP contribution < -0.4 is 10.1 Å². The summed E-state index contributed by atoms with van der Waals surface area (Å²) in [6, 6.07) is 5.04. The number of ether oxygens (including phenoxy) is 1. The number of carbonyl (C=O) groups is 1. The lowest BCUT2D eigenvalue weighted by Gasteiger charge is -2.29. The number of rotatable bonds is 11. The van der Waals surface area contributed by atoms with E-state index in [-0.39, 0.29) is 12.0 Å². The lowest BCUT2D eigenvalue weighted by Crippen LogP contribution is -2.35. The number of likely N-dealkylation sites (tertiary alicyclic amines) is 1. The summed E-state index contributed by atoms with van der Waals surface area (Å²) in [5.41, 5.74) is 2.84. The summed E-state index contributed by atoms with van der Waals surface area (Å²) in [5, 5.41) is 13.4. The molecule has 4 rings (SSSR count). The van der Waals surface area contributed by atoms with Crippen LogP contribution in [0.5, 0.6) is 5.75 Å². The van der Waals surface area contributed by atoms with Crippen LogP contribution in [0, 0.1) is 5.92 Å². The molecule has 2 aliphatic rings. The topological polar surface area (TPSA) is 87.6 Å². The van der Waals surface area contributed by atoms with E-state index in [4.69, 9.17) is 9.72 Å². The fourth-order valence-corrected chi connectivity index (χ4v) is 6.08. The molecule has 7 nitrogen and oxygen atoms in total. The Hall–Kier alpha value is -2.01. The monoisotopic (exact) mass is 610 g/mol. The van der Waals surface area contributed by atoms with Crippen LogP contribution in [-0.2, 0) is 17.6 Å². The van der Waals surface area contributed by atoms with Gasteiger partial charge in [0.25, 0.3) is 0 Å². The number of aryl methyl sites for hydroxylation is 2. The predicted octanol–water partition coefficient (Wildman–Crippen LogP) is 5.58. The van der Waals surface area contributed by atoms with E-state index in [2.05, 4.69) is 22.4 Å². The van der Waals surface area contributed by atoms with E-state index >= 15 is 4.39 Å². The SMILES string of the molecule is CC(C)Oc1ccncc1C(C(=O)O)N1CCC(C(F)(I)CCCCc2ccc3c(n2)NCCC3)C1. The molecule has 0 saturated carbocycles. The van der Waals surface area contributed by atoms with Gasteiger partial charge in [0.15, 0.2) is 3.68 Å². The number of aliphatic carboxylic acids is 1. The molecule has 1 saturated heterocycles. The van der Waals surface area contributed by atoms with E-state index in [0.29, 0.717) is 37.2 Å². The van der Waals surface area contributed by atoms with Gasteiger partial charge in [-0.05, 0) is 106 Å². The van der Waals surface area contributed by atoms with E-state index in [1.165, 1.54) is 5.56 Å². The first-order chi connectivity index (χ1) is 17.2. The standard InChI is InChI=1S/C27H36FIN4O3/c1-18(2)36-23-10-14-30-16-22(23)24(26(34)35)33-15-11-20(17-33)27(28,29)12-4-3-7-21-9-8-19-6-5-13-31-25(19)32-21/h8-10,14,16,18,20,24H,3-7,11-13,15,17H2,1-2H3,(H,31,32)(H,34,35). The zero-order valence-corrected chi connectivity index (χ0v) is 23.2. The average molecular weight is 611 g/mol. The molecule has 1 fully saturated rings. The number of pyridine rings is 2. The normalized spacial score (nSPS) is 20.4. The van der Waals surface area contributed by atoms with Crippen LogP contribution in [0.25, 0.3) is 0 Å². The van der Waals surface area contributed by atoms with E-state index < -0.39 is 15.7 Å². The molecule has 2 aromatic rings. The second kappa shape index (κ2) is 12.0. The largest absolute Gasteiger partial charge is 0.491 e. The Balaban J connectivity index is 1.33. The maximum Gasteiger partial charge on any atom is 0.325 e. The van der Waals surface area contributed by atoms with Crippen molar-refractivity contribution in [3.05, 3.63) is 47.4 Å². The second-order valence-electron chi connectivity index (χ2n) is 10.1. The molecule has 0 amide bonds. The lowest BCUT2D eigenvalue weighted by molar-refractivity contribution is -0.143. The minimum absolute atomic E-state index is 0.0903. The van der Waals surface area contributed by atoms with Gasteiger partial charge in [0.1, 0.15) is 17.6 Å². The summed E-state index contributed by atoms with van der Waals surface area (Å²) in [6.07, 6.45) is 8.82. The first kappa shape index (κ1) is 27.0. The summed E-state index contributed by atoms with van der Waals surface area (Å²) >= 11 is 1.95. The van der Waals surface area contributed by atoms with Gasteiger partial charge in [-0.25, -0.2) is 9.37 Å². The van der Waals surface area contributed by atoms with Gasteiger partial charge >= 0.3 is 5.97 Å². The van der Waals surface area contributed by atoms with E-state index in [1.54, 1.807) is 18.5 Å². The lowest BCUT2D eigenvalue weighted by atomic mass is 9.97. The molecule has 2 N–H and O–H groups in total. The molecule has 2 aliphatic heterocycles. The highest BCUT2D eigenvalue weighted by molar-refractivity contribution is 14.1.